The highest BCUT2D eigenvalue weighted by atomic mass is 19.1. The highest BCUT2D eigenvalue weighted by molar-refractivity contribution is 5.78. The molecular weight excluding hydrogens is 317 g/mol. The highest BCUT2D eigenvalue weighted by Crippen LogP contribution is 2.20. The van der Waals surface area contributed by atoms with E-state index in [-0.39, 0.29) is 17.9 Å². The molecule has 0 aliphatic carbocycles. The standard InChI is InChI=1S/C20H16FN3O/c1-13-11-16-18(22-13)23-19(14-7-3-2-4-8-14)24(20(16)25)12-15-9-5-6-10-17(15)21/h2-11,22H,12H2,1H3. The SMILES string of the molecule is Cc1cc2c(=O)n(Cc3ccccc3F)c(-c3ccccc3)nc2[nH]1. The van der Waals surface area contributed by atoms with E-state index in [9.17, 15) is 9.18 Å². The molecule has 4 rings (SSSR count). The average molecular weight is 333 g/mol. The lowest BCUT2D eigenvalue weighted by Crippen LogP contribution is -2.24. The molecule has 25 heavy (non-hydrogen) atoms. The normalized spacial score (nSPS) is 11.1. The van der Waals surface area contributed by atoms with Crippen LogP contribution in [0.25, 0.3) is 22.4 Å². The predicted molar refractivity (Wildman–Crippen MR) is 96.0 cm³/mol. The molecule has 124 valence electrons. The molecule has 2 aromatic carbocycles. The minimum atomic E-state index is -0.334. The second kappa shape index (κ2) is 6.02. The van der Waals surface area contributed by atoms with E-state index in [0.717, 1.165) is 11.3 Å². The molecule has 0 saturated carbocycles. The van der Waals surface area contributed by atoms with Gasteiger partial charge in [0.1, 0.15) is 17.3 Å². The first-order valence-corrected chi connectivity index (χ1v) is 8.02. The van der Waals surface area contributed by atoms with Gasteiger partial charge in [-0.05, 0) is 19.1 Å². The van der Waals surface area contributed by atoms with Crippen molar-refractivity contribution in [3.05, 3.63) is 88.1 Å². The Morgan fingerprint density at radius 2 is 1.80 bits per heavy atom. The second-order valence-electron chi connectivity index (χ2n) is 6.00. The number of aromatic nitrogens is 3. The van der Waals surface area contributed by atoms with E-state index in [4.69, 9.17) is 0 Å². The summed E-state index contributed by atoms with van der Waals surface area (Å²) in [5.74, 6) is 0.182. The van der Waals surface area contributed by atoms with Crippen LogP contribution < -0.4 is 5.56 Å². The van der Waals surface area contributed by atoms with Crippen LogP contribution in [0.4, 0.5) is 4.39 Å². The molecule has 1 N–H and O–H groups in total. The van der Waals surface area contributed by atoms with Gasteiger partial charge in [-0.3, -0.25) is 9.36 Å². The van der Waals surface area contributed by atoms with Gasteiger partial charge in [0.05, 0.1) is 11.9 Å². The van der Waals surface area contributed by atoms with Crippen LogP contribution in [0, 0.1) is 12.7 Å². The number of H-pyrrole nitrogens is 1. The third-order valence-corrected chi connectivity index (χ3v) is 4.20. The molecule has 0 aliphatic heterocycles. The summed E-state index contributed by atoms with van der Waals surface area (Å²) in [5.41, 5.74) is 2.49. The first kappa shape index (κ1) is 15.3. The van der Waals surface area contributed by atoms with Gasteiger partial charge in [-0.15, -0.1) is 0 Å². The lowest BCUT2D eigenvalue weighted by atomic mass is 10.1. The van der Waals surface area contributed by atoms with E-state index >= 15 is 0 Å². The Labute approximate surface area is 143 Å². The van der Waals surface area contributed by atoms with Gasteiger partial charge < -0.3 is 4.98 Å². The molecule has 0 unspecified atom stereocenters. The monoisotopic (exact) mass is 333 g/mol. The summed E-state index contributed by atoms with van der Waals surface area (Å²) in [7, 11) is 0. The Balaban J connectivity index is 1.99. The largest absolute Gasteiger partial charge is 0.343 e. The Hall–Kier alpha value is -3.21. The summed E-state index contributed by atoms with van der Waals surface area (Å²) >= 11 is 0. The van der Waals surface area contributed by atoms with Crippen LogP contribution in [0.15, 0.2) is 65.5 Å². The van der Waals surface area contributed by atoms with Crippen molar-refractivity contribution < 1.29 is 4.39 Å². The molecule has 0 saturated heterocycles. The zero-order valence-electron chi connectivity index (χ0n) is 13.7. The molecule has 0 atom stereocenters. The molecule has 0 radical (unpaired) electrons. The van der Waals surface area contributed by atoms with Gasteiger partial charge in [0.25, 0.3) is 5.56 Å². The zero-order valence-corrected chi connectivity index (χ0v) is 13.7. The Kier molecular flexibility index (Phi) is 3.69. The lowest BCUT2D eigenvalue weighted by Gasteiger charge is -2.13. The minimum absolute atomic E-state index is 0.128. The Morgan fingerprint density at radius 1 is 1.08 bits per heavy atom. The van der Waals surface area contributed by atoms with Crippen molar-refractivity contribution in [1.29, 1.82) is 0 Å². The lowest BCUT2D eigenvalue weighted by molar-refractivity contribution is 0.596. The zero-order chi connectivity index (χ0) is 17.4. The molecule has 2 heterocycles. The van der Waals surface area contributed by atoms with Crippen LogP contribution in [-0.2, 0) is 6.54 Å². The Bertz CT molecular complexity index is 1110. The van der Waals surface area contributed by atoms with E-state index in [2.05, 4.69) is 9.97 Å². The summed E-state index contributed by atoms with van der Waals surface area (Å²) < 4.78 is 15.6. The first-order chi connectivity index (χ1) is 12.1. The number of benzene rings is 2. The van der Waals surface area contributed by atoms with Gasteiger partial charge >= 0.3 is 0 Å². The van der Waals surface area contributed by atoms with Crippen LogP contribution in [0.5, 0.6) is 0 Å². The topological polar surface area (TPSA) is 50.7 Å². The number of nitrogens with zero attached hydrogens (tertiary/aromatic N) is 2. The molecule has 2 aromatic heterocycles. The van der Waals surface area contributed by atoms with Crippen molar-refractivity contribution in [2.45, 2.75) is 13.5 Å². The number of rotatable bonds is 3. The van der Waals surface area contributed by atoms with E-state index in [1.54, 1.807) is 24.3 Å². The number of halogens is 1. The number of nitrogens with one attached hydrogen (secondary N) is 1. The van der Waals surface area contributed by atoms with Crippen LogP contribution in [0.2, 0.25) is 0 Å². The van der Waals surface area contributed by atoms with Crippen molar-refractivity contribution in [2.75, 3.05) is 0 Å². The third-order valence-electron chi connectivity index (χ3n) is 4.20. The van der Waals surface area contributed by atoms with Gasteiger partial charge in [-0.25, -0.2) is 9.37 Å². The van der Waals surface area contributed by atoms with Gasteiger partial charge in [0.15, 0.2) is 0 Å². The maximum absolute atomic E-state index is 14.1. The average Bonchev–Trinajstić information content (AvgIpc) is 3.00. The van der Waals surface area contributed by atoms with Gasteiger partial charge in [0, 0.05) is 16.8 Å². The predicted octanol–water partition coefficient (Wildman–Crippen LogP) is 3.89. The van der Waals surface area contributed by atoms with Crippen LogP contribution in [0.3, 0.4) is 0 Å². The molecule has 0 spiro atoms. The summed E-state index contributed by atoms with van der Waals surface area (Å²) in [6.07, 6.45) is 0. The summed E-state index contributed by atoms with van der Waals surface area (Å²) in [5, 5.41) is 0.508. The number of aryl methyl sites for hydroxylation is 1. The number of hydrogen-bond donors (Lipinski definition) is 1. The molecule has 4 aromatic rings. The van der Waals surface area contributed by atoms with Crippen molar-refractivity contribution in [2.24, 2.45) is 0 Å². The minimum Gasteiger partial charge on any atom is -0.343 e. The molecule has 0 fully saturated rings. The van der Waals surface area contributed by atoms with Gasteiger partial charge in [-0.2, -0.15) is 0 Å². The maximum Gasteiger partial charge on any atom is 0.263 e. The van der Waals surface area contributed by atoms with E-state index in [0.29, 0.717) is 22.4 Å². The summed E-state index contributed by atoms with van der Waals surface area (Å²) in [6.45, 7) is 2.01. The molecular formula is C20H16FN3O. The summed E-state index contributed by atoms with van der Waals surface area (Å²) in [4.78, 5) is 20.8. The highest BCUT2D eigenvalue weighted by Gasteiger charge is 2.15. The van der Waals surface area contributed by atoms with Crippen molar-refractivity contribution >= 4 is 11.0 Å². The molecule has 0 bridgehead atoms. The van der Waals surface area contributed by atoms with E-state index in [1.165, 1.54) is 10.6 Å². The van der Waals surface area contributed by atoms with Crippen molar-refractivity contribution in [1.82, 2.24) is 14.5 Å². The Morgan fingerprint density at radius 3 is 2.56 bits per heavy atom. The fraction of sp³-hybridized carbons (Fsp3) is 0.100. The fourth-order valence-electron chi connectivity index (χ4n) is 2.99. The maximum atomic E-state index is 14.1. The van der Waals surface area contributed by atoms with E-state index in [1.807, 2.05) is 37.3 Å². The molecule has 0 aliphatic rings. The van der Waals surface area contributed by atoms with E-state index < -0.39 is 0 Å². The number of aromatic amines is 1. The van der Waals surface area contributed by atoms with Crippen molar-refractivity contribution in [3.8, 4) is 11.4 Å². The molecule has 0 amide bonds. The number of fused-ring (bicyclic) bond motifs is 1. The smallest absolute Gasteiger partial charge is 0.263 e. The third kappa shape index (κ3) is 2.74. The quantitative estimate of drug-likeness (QED) is 0.618. The van der Waals surface area contributed by atoms with Crippen LogP contribution >= 0.6 is 0 Å². The van der Waals surface area contributed by atoms with Crippen LogP contribution in [0.1, 0.15) is 11.3 Å². The number of hydrogen-bond acceptors (Lipinski definition) is 2. The van der Waals surface area contributed by atoms with Gasteiger partial charge in [0.2, 0.25) is 0 Å². The van der Waals surface area contributed by atoms with Crippen molar-refractivity contribution in [3.63, 3.8) is 0 Å². The fourth-order valence-corrected chi connectivity index (χ4v) is 2.99. The second-order valence-corrected chi connectivity index (χ2v) is 6.00. The molecule has 5 heteroatoms. The van der Waals surface area contributed by atoms with Gasteiger partial charge in [-0.1, -0.05) is 48.5 Å². The van der Waals surface area contributed by atoms with Crippen LogP contribution in [-0.4, -0.2) is 14.5 Å². The first-order valence-electron chi connectivity index (χ1n) is 8.02. The molecule has 4 nitrogen and oxygen atoms in total. The summed E-state index contributed by atoms with van der Waals surface area (Å²) in [6, 6.07) is 17.7.